The van der Waals surface area contributed by atoms with E-state index in [0.717, 1.165) is 17.0 Å². The van der Waals surface area contributed by atoms with Gasteiger partial charge in [0.15, 0.2) is 0 Å². The molecular weight excluding hydrogens is 408 g/mol. The van der Waals surface area contributed by atoms with E-state index in [9.17, 15) is 23.5 Å². The van der Waals surface area contributed by atoms with Gasteiger partial charge in [0.25, 0.3) is 11.7 Å². The normalized spacial score (nSPS) is 17.9. The maximum atomic E-state index is 14.5. The van der Waals surface area contributed by atoms with Crippen molar-refractivity contribution in [1.82, 2.24) is 0 Å². The van der Waals surface area contributed by atoms with Gasteiger partial charge in [-0.25, -0.2) is 8.78 Å². The third-order valence-electron chi connectivity index (χ3n) is 5.09. The molecule has 2 aromatic carbocycles. The summed E-state index contributed by atoms with van der Waals surface area (Å²) in [6.07, 6.45) is 1.33. The molecule has 1 N–H and O–H groups in total. The van der Waals surface area contributed by atoms with E-state index in [0.29, 0.717) is 17.4 Å². The standard InChI is InChI=1S/C23H17F2NO5/c1-12-10-13(5-8-17(12)30-2)21(27)19-20(18-4-3-9-31-18)26(23(29)22(19)28)16-7-6-14(24)11-15(16)25/h3-11,20,27H,1-2H3/b21-19-. The molecule has 0 bridgehead atoms. The number of ether oxygens (including phenoxy) is 1. The molecule has 0 radical (unpaired) electrons. The minimum absolute atomic E-state index is 0.134. The van der Waals surface area contributed by atoms with Crippen molar-refractivity contribution < 1.29 is 32.6 Å². The van der Waals surface area contributed by atoms with Crippen molar-refractivity contribution in [1.29, 1.82) is 0 Å². The number of hydrogen-bond donors (Lipinski definition) is 1. The number of rotatable bonds is 4. The minimum atomic E-state index is -1.24. The number of nitrogens with zero attached hydrogens (tertiary/aromatic N) is 1. The second-order valence-corrected chi connectivity index (χ2v) is 6.96. The fraction of sp³-hybridized carbons (Fsp3) is 0.130. The Morgan fingerprint density at radius 1 is 1.13 bits per heavy atom. The summed E-state index contributed by atoms with van der Waals surface area (Å²) in [7, 11) is 1.50. The van der Waals surface area contributed by atoms with Crippen LogP contribution in [0.3, 0.4) is 0 Å². The Kier molecular flexibility index (Phi) is 5.06. The molecule has 1 aliphatic rings. The van der Waals surface area contributed by atoms with Crippen LogP contribution in [0.25, 0.3) is 5.76 Å². The molecule has 1 amide bonds. The first-order valence-electron chi connectivity index (χ1n) is 9.28. The summed E-state index contributed by atoms with van der Waals surface area (Å²) < 4.78 is 38.6. The van der Waals surface area contributed by atoms with Crippen LogP contribution in [0, 0.1) is 18.6 Å². The first kappa shape index (κ1) is 20.3. The highest BCUT2D eigenvalue weighted by atomic mass is 19.1. The molecule has 1 aliphatic heterocycles. The third-order valence-corrected chi connectivity index (χ3v) is 5.09. The van der Waals surface area contributed by atoms with Gasteiger partial charge in [-0.15, -0.1) is 0 Å². The minimum Gasteiger partial charge on any atom is -0.507 e. The number of ketones is 1. The predicted molar refractivity (Wildman–Crippen MR) is 108 cm³/mol. The molecule has 1 aromatic heterocycles. The van der Waals surface area contributed by atoms with Crippen LogP contribution in [0.1, 0.15) is 22.9 Å². The van der Waals surface area contributed by atoms with Gasteiger partial charge in [0.05, 0.1) is 24.6 Å². The molecule has 6 nitrogen and oxygen atoms in total. The summed E-state index contributed by atoms with van der Waals surface area (Å²) >= 11 is 0. The molecule has 8 heteroatoms. The Morgan fingerprint density at radius 2 is 1.90 bits per heavy atom. The fourth-order valence-electron chi connectivity index (χ4n) is 3.65. The number of aryl methyl sites for hydroxylation is 1. The zero-order chi connectivity index (χ0) is 22.3. The molecule has 0 aliphatic carbocycles. The smallest absolute Gasteiger partial charge is 0.300 e. The highest BCUT2D eigenvalue weighted by Gasteiger charge is 2.49. The number of amides is 1. The SMILES string of the molecule is COc1ccc(/C(O)=C2/C(=O)C(=O)N(c3ccc(F)cc3F)C2c2ccco2)cc1C. The van der Waals surface area contributed by atoms with Gasteiger partial charge in [0.1, 0.15) is 34.9 Å². The monoisotopic (exact) mass is 425 g/mol. The van der Waals surface area contributed by atoms with Crippen LogP contribution in [-0.2, 0) is 9.59 Å². The van der Waals surface area contributed by atoms with E-state index >= 15 is 0 Å². The molecule has 31 heavy (non-hydrogen) atoms. The number of carbonyl (C=O) groups excluding carboxylic acids is 2. The fourth-order valence-corrected chi connectivity index (χ4v) is 3.65. The van der Waals surface area contributed by atoms with Crippen LogP contribution in [0.15, 0.2) is 64.8 Å². The average Bonchev–Trinajstić information content (AvgIpc) is 3.35. The zero-order valence-corrected chi connectivity index (χ0v) is 16.6. The maximum Gasteiger partial charge on any atom is 0.300 e. The van der Waals surface area contributed by atoms with Crippen LogP contribution >= 0.6 is 0 Å². The topological polar surface area (TPSA) is 80.0 Å². The van der Waals surface area contributed by atoms with E-state index in [1.165, 1.54) is 31.6 Å². The third kappa shape index (κ3) is 3.35. The summed E-state index contributed by atoms with van der Waals surface area (Å²) in [5, 5.41) is 11.0. The van der Waals surface area contributed by atoms with Gasteiger partial charge in [-0.1, -0.05) is 0 Å². The quantitative estimate of drug-likeness (QED) is 0.378. The van der Waals surface area contributed by atoms with Crippen LogP contribution in [0.5, 0.6) is 5.75 Å². The number of Topliss-reactive ketones (excluding diaryl/α,β-unsaturated/α-hetero) is 1. The van der Waals surface area contributed by atoms with Gasteiger partial charge < -0.3 is 14.3 Å². The number of halogens is 2. The number of aliphatic hydroxyl groups is 1. The number of methoxy groups -OCH3 is 1. The molecule has 2 heterocycles. The number of benzene rings is 2. The number of anilines is 1. The van der Waals surface area contributed by atoms with Gasteiger partial charge in [0, 0.05) is 11.6 Å². The Morgan fingerprint density at radius 3 is 2.52 bits per heavy atom. The van der Waals surface area contributed by atoms with Gasteiger partial charge in [-0.05, 0) is 55.0 Å². The van der Waals surface area contributed by atoms with Crippen LogP contribution < -0.4 is 9.64 Å². The second-order valence-electron chi connectivity index (χ2n) is 6.96. The summed E-state index contributed by atoms with van der Waals surface area (Å²) in [4.78, 5) is 26.7. The molecule has 1 saturated heterocycles. The lowest BCUT2D eigenvalue weighted by molar-refractivity contribution is -0.132. The second kappa shape index (κ2) is 7.71. The average molecular weight is 425 g/mol. The molecule has 0 saturated carbocycles. The first-order chi connectivity index (χ1) is 14.8. The summed E-state index contributed by atoms with van der Waals surface area (Å²) in [6, 6.07) is 9.18. The highest BCUT2D eigenvalue weighted by Crippen LogP contribution is 2.43. The highest BCUT2D eigenvalue weighted by molar-refractivity contribution is 6.51. The summed E-state index contributed by atoms with van der Waals surface area (Å²) in [5.41, 5.74) is 0.385. The van der Waals surface area contributed by atoms with Crippen molar-refractivity contribution in [3.63, 3.8) is 0 Å². The van der Waals surface area contributed by atoms with Gasteiger partial charge in [-0.3, -0.25) is 14.5 Å². The molecule has 1 fully saturated rings. The number of furan rings is 1. The van der Waals surface area contributed by atoms with Crippen molar-refractivity contribution in [2.45, 2.75) is 13.0 Å². The lowest BCUT2D eigenvalue weighted by Crippen LogP contribution is -2.30. The Bertz CT molecular complexity index is 1220. The van der Waals surface area contributed by atoms with E-state index in [4.69, 9.17) is 9.15 Å². The molecular formula is C23H17F2NO5. The summed E-state index contributed by atoms with van der Waals surface area (Å²) in [6.45, 7) is 1.76. The number of aliphatic hydroxyl groups excluding tert-OH is 1. The number of carbonyl (C=O) groups is 2. The molecule has 1 atom stereocenters. The van der Waals surface area contributed by atoms with Gasteiger partial charge in [0.2, 0.25) is 0 Å². The maximum absolute atomic E-state index is 14.5. The van der Waals surface area contributed by atoms with E-state index in [1.54, 1.807) is 19.1 Å². The van der Waals surface area contributed by atoms with E-state index in [1.807, 2.05) is 0 Å². The lowest BCUT2D eigenvalue weighted by Gasteiger charge is -2.23. The molecule has 1 unspecified atom stereocenters. The lowest BCUT2D eigenvalue weighted by atomic mass is 9.98. The predicted octanol–water partition coefficient (Wildman–Crippen LogP) is 4.50. The van der Waals surface area contributed by atoms with Crippen LogP contribution in [0.4, 0.5) is 14.5 Å². The zero-order valence-electron chi connectivity index (χ0n) is 16.6. The van der Waals surface area contributed by atoms with Crippen molar-refractivity contribution in [2.24, 2.45) is 0 Å². The molecule has 158 valence electrons. The Hall–Kier alpha value is -3.94. The van der Waals surface area contributed by atoms with Crippen molar-refractivity contribution in [3.05, 3.63) is 88.9 Å². The first-order valence-corrected chi connectivity index (χ1v) is 9.28. The van der Waals surface area contributed by atoms with Crippen molar-refractivity contribution >= 4 is 23.1 Å². The van der Waals surface area contributed by atoms with Crippen molar-refractivity contribution in [3.8, 4) is 5.75 Å². The largest absolute Gasteiger partial charge is 0.507 e. The Labute approximate surface area is 176 Å². The van der Waals surface area contributed by atoms with E-state index in [-0.39, 0.29) is 22.6 Å². The van der Waals surface area contributed by atoms with Crippen LogP contribution in [-0.4, -0.2) is 23.9 Å². The van der Waals surface area contributed by atoms with Crippen molar-refractivity contribution in [2.75, 3.05) is 12.0 Å². The van der Waals surface area contributed by atoms with Gasteiger partial charge in [-0.2, -0.15) is 0 Å². The molecule has 3 aromatic rings. The summed E-state index contributed by atoms with van der Waals surface area (Å²) in [5.74, 6) is -3.69. The molecule has 4 rings (SSSR count). The molecule has 0 spiro atoms. The Balaban J connectivity index is 1.93. The van der Waals surface area contributed by atoms with E-state index < -0.39 is 35.1 Å². The van der Waals surface area contributed by atoms with Gasteiger partial charge >= 0.3 is 0 Å². The van der Waals surface area contributed by atoms with Crippen LogP contribution in [0.2, 0.25) is 0 Å². The number of hydrogen-bond acceptors (Lipinski definition) is 5. The van der Waals surface area contributed by atoms with E-state index in [2.05, 4.69) is 0 Å².